The number of methoxy groups -OCH3 is 3. The number of ether oxygens (including phenoxy) is 3. The van der Waals surface area contributed by atoms with Gasteiger partial charge in [-0.05, 0) is 54.1 Å². The standard InChI is InChI=1S/C27H24ClN3O6/c1-34-18-10-7-16(8-11-18)20-14-21(19-5-4-6-24(35-2)26(19)36-3)31(29-20)25(32)15-30-22-13-17(28)9-12-23(22)37-27(30)33/h4-13,21H,14-15H2,1-3H3. The topological polar surface area (TPSA) is 95.5 Å². The predicted octanol–water partition coefficient (Wildman–Crippen LogP) is 4.65. The van der Waals surface area contributed by atoms with Crippen LogP contribution in [0.15, 0.2) is 75.0 Å². The van der Waals surface area contributed by atoms with Crippen LogP contribution in [0.1, 0.15) is 23.6 Å². The number of oxazole rings is 1. The fraction of sp³-hybridized carbons (Fsp3) is 0.222. The van der Waals surface area contributed by atoms with Crippen LogP contribution in [0.2, 0.25) is 5.02 Å². The van der Waals surface area contributed by atoms with Gasteiger partial charge in [0.2, 0.25) is 0 Å². The van der Waals surface area contributed by atoms with E-state index in [4.69, 9.17) is 35.3 Å². The molecule has 1 amide bonds. The van der Waals surface area contributed by atoms with Crippen molar-refractivity contribution in [1.29, 1.82) is 0 Å². The van der Waals surface area contributed by atoms with Crippen molar-refractivity contribution in [3.63, 3.8) is 0 Å². The minimum absolute atomic E-state index is 0.283. The van der Waals surface area contributed by atoms with Crippen molar-refractivity contribution in [3.05, 3.63) is 87.4 Å². The van der Waals surface area contributed by atoms with Crippen LogP contribution in [0.25, 0.3) is 11.1 Å². The van der Waals surface area contributed by atoms with Crippen LogP contribution in [0, 0.1) is 0 Å². The van der Waals surface area contributed by atoms with Crippen LogP contribution in [0.3, 0.4) is 0 Å². The fourth-order valence-electron chi connectivity index (χ4n) is 4.51. The molecule has 5 rings (SSSR count). The van der Waals surface area contributed by atoms with E-state index in [2.05, 4.69) is 0 Å². The van der Waals surface area contributed by atoms with Gasteiger partial charge in [-0.1, -0.05) is 23.7 Å². The second-order valence-electron chi connectivity index (χ2n) is 8.38. The van der Waals surface area contributed by atoms with Gasteiger partial charge in [0.1, 0.15) is 12.3 Å². The lowest BCUT2D eigenvalue weighted by molar-refractivity contribution is -0.133. The van der Waals surface area contributed by atoms with Crippen LogP contribution in [-0.4, -0.2) is 42.5 Å². The smallest absolute Gasteiger partial charge is 0.420 e. The number of hydrazone groups is 1. The van der Waals surface area contributed by atoms with Crippen molar-refractivity contribution >= 4 is 34.3 Å². The van der Waals surface area contributed by atoms with Crippen LogP contribution in [-0.2, 0) is 11.3 Å². The number of fused-ring (bicyclic) bond motifs is 1. The number of para-hydroxylation sites is 1. The zero-order valence-corrected chi connectivity index (χ0v) is 21.2. The predicted molar refractivity (Wildman–Crippen MR) is 139 cm³/mol. The summed E-state index contributed by atoms with van der Waals surface area (Å²) in [4.78, 5) is 26.3. The summed E-state index contributed by atoms with van der Waals surface area (Å²) in [6.07, 6.45) is 0.425. The van der Waals surface area contributed by atoms with Gasteiger partial charge in [-0.15, -0.1) is 0 Å². The monoisotopic (exact) mass is 521 g/mol. The third-order valence-corrected chi connectivity index (χ3v) is 6.54. The summed E-state index contributed by atoms with van der Waals surface area (Å²) in [5, 5.41) is 6.52. The summed E-state index contributed by atoms with van der Waals surface area (Å²) >= 11 is 6.13. The van der Waals surface area contributed by atoms with E-state index in [0.717, 1.165) is 11.1 Å². The maximum absolute atomic E-state index is 13.7. The van der Waals surface area contributed by atoms with Gasteiger partial charge in [-0.2, -0.15) is 5.10 Å². The zero-order chi connectivity index (χ0) is 26.1. The Morgan fingerprint density at radius 3 is 2.54 bits per heavy atom. The van der Waals surface area contributed by atoms with Crippen molar-refractivity contribution in [2.75, 3.05) is 21.3 Å². The number of hydrogen-bond donors (Lipinski definition) is 0. The molecule has 0 spiro atoms. The molecule has 2 heterocycles. The minimum atomic E-state index is -0.653. The summed E-state index contributed by atoms with van der Waals surface area (Å²) in [7, 11) is 4.71. The molecule has 10 heteroatoms. The van der Waals surface area contributed by atoms with E-state index >= 15 is 0 Å². The summed E-state index contributed by atoms with van der Waals surface area (Å²) in [5.74, 6) is 0.711. The zero-order valence-electron chi connectivity index (χ0n) is 20.4. The number of nitrogens with zero attached hydrogens (tertiary/aromatic N) is 3. The maximum atomic E-state index is 13.7. The molecule has 1 aliphatic rings. The van der Waals surface area contributed by atoms with Gasteiger partial charge in [0, 0.05) is 17.0 Å². The van der Waals surface area contributed by atoms with Crippen molar-refractivity contribution < 1.29 is 23.4 Å². The van der Waals surface area contributed by atoms with Gasteiger partial charge in [0.15, 0.2) is 17.1 Å². The van der Waals surface area contributed by atoms with E-state index in [1.165, 1.54) is 9.58 Å². The highest BCUT2D eigenvalue weighted by Gasteiger charge is 2.36. The molecule has 9 nitrogen and oxygen atoms in total. The molecule has 0 fully saturated rings. The van der Waals surface area contributed by atoms with Crippen LogP contribution in [0.4, 0.5) is 0 Å². The SMILES string of the molecule is COc1ccc(C2=NN(C(=O)Cn3c(=O)oc4ccc(Cl)cc43)C(c3cccc(OC)c3OC)C2)cc1. The molecule has 0 bridgehead atoms. The molecule has 3 aromatic carbocycles. The fourth-order valence-corrected chi connectivity index (χ4v) is 4.67. The Bertz CT molecular complexity index is 1560. The van der Waals surface area contributed by atoms with Crippen molar-refractivity contribution in [1.82, 2.24) is 9.58 Å². The highest BCUT2D eigenvalue weighted by molar-refractivity contribution is 6.31. The highest BCUT2D eigenvalue weighted by atomic mass is 35.5. The Hall–Kier alpha value is -4.24. The number of halogens is 1. The van der Waals surface area contributed by atoms with E-state index in [-0.39, 0.29) is 6.54 Å². The van der Waals surface area contributed by atoms with Gasteiger partial charge in [-0.3, -0.25) is 9.36 Å². The van der Waals surface area contributed by atoms with E-state index in [1.807, 2.05) is 36.4 Å². The average molecular weight is 522 g/mol. The third kappa shape index (κ3) is 4.53. The molecule has 1 aliphatic heterocycles. The number of carbonyl (C=O) groups excluding carboxylic acids is 1. The lowest BCUT2D eigenvalue weighted by Gasteiger charge is -2.24. The molecular weight excluding hydrogens is 498 g/mol. The quantitative estimate of drug-likeness (QED) is 0.351. The number of rotatable bonds is 7. The van der Waals surface area contributed by atoms with Gasteiger partial charge < -0.3 is 18.6 Å². The summed E-state index contributed by atoms with van der Waals surface area (Å²) in [6, 6.07) is 17.3. The first-order valence-corrected chi connectivity index (χ1v) is 11.8. The molecule has 0 aliphatic carbocycles. The molecule has 0 saturated carbocycles. The maximum Gasteiger partial charge on any atom is 0.420 e. The first kappa shape index (κ1) is 24.5. The average Bonchev–Trinajstić information content (AvgIpc) is 3.49. The molecule has 4 aromatic rings. The number of carbonyl (C=O) groups is 1. The first-order chi connectivity index (χ1) is 17.9. The highest BCUT2D eigenvalue weighted by Crippen LogP contribution is 2.42. The van der Waals surface area contributed by atoms with E-state index in [9.17, 15) is 9.59 Å². The molecular formula is C27H24ClN3O6. The Morgan fingerprint density at radius 1 is 1.05 bits per heavy atom. The molecule has 1 atom stereocenters. The lowest BCUT2D eigenvalue weighted by Crippen LogP contribution is -2.33. The van der Waals surface area contributed by atoms with Gasteiger partial charge in [-0.25, -0.2) is 9.80 Å². The summed E-state index contributed by atoms with van der Waals surface area (Å²) < 4.78 is 23.0. The van der Waals surface area contributed by atoms with Gasteiger partial charge >= 0.3 is 5.76 Å². The number of amides is 1. The molecule has 37 heavy (non-hydrogen) atoms. The second-order valence-corrected chi connectivity index (χ2v) is 8.82. The van der Waals surface area contributed by atoms with E-state index in [1.54, 1.807) is 45.6 Å². The second kappa shape index (κ2) is 10.0. The van der Waals surface area contributed by atoms with Crippen LogP contribution >= 0.6 is 11.6 Å². The van der Waals surface area contributed by atoms with Crippen molar-refractivity contribution in [2.45, 2.75) is 19.0 Å². The molecule has 0 N–H and O–H groups in total. The van der Waals surface area contributed by atoms with Crippen molar-refractivity contribution in [2.24, 2.45) is 5.10 Å². The van der Waals surface area contributed by atoms with Gasteiger partial charge in [0.05, 0.1) is 38.6 Å². The molecule has 190 valence electrons. The molecule has 0 radical (unpaired) electrons. The Labute approximate surface area is 217 Å². The number of hydrogen-bond acceptors (Lipinski definition) is 7. The summed E-state index contributed by atoms with van der Waals surface area (Å²) in [5.41, 5.74) is 3.06. The lowest BCUT2D eigenvalue weighted by atomic mass is 9.97. The first-order valence-electron chi connectivity index (χ1n) is 11.5. The molecule has 1 unspecified atom stereocenters. The number of aromatic nitrogens is 1. The normalized spacial score (nSPS) is 15.1. The minimum Gasteiger partial charge on any atom is -0.497 e. The van der Waals surface area contributed by atoms with E-state index in [0.29, 0.717) is 45.5 Å². The largest absolute Gasteiger partial charge is 0.497 e. The van der Waals surface area contributed by atoms with E-state index < -0.39 is 17.7 Å². The van der Waals surface area contributed by atoms with Crippen LogP contribution in [0.5, 0.6) is 17.2 Å². The Balaban J connectivity index is 1.56. The number of benzene rings is 3. The van der Waals surface area contributed by atoms with Gasteiger partial charge in [0.25, 0.3) is 5.91 Å². The van der Waals surface area contributed by atoms with Crippen molar-refractivity contribution in [3.8, 4) is 17.2 Å². The molecule has 0 saturated heterocycles. The Kier molecular flexibility index (Phi) is 6.62. The van der Waals surface area contributed by atoms with Crippen LogP contribution < -0.4 is 20.0 Å². The Morgan fingerprint density at radius 2 is 1.84 bits per heavy atom. The summed E-state index contributed by atoms with van der Waals surface area (Å²) in [6.45, 7) is -0.283. The third-order valence-electron chi connectivity index (χ3n) is 6.30. The molecule has 1 aromatic heterocycles.